The average molecular weight is 92.8 g/mol. The number of carboxylic acid groups (broad SMARTS) is 1. The fourth-order valence-corrected chi connectivity index (χ4v) is 0. The predicted octanol–water partition coefficient (Wildman–Crippen LogP) is -4.62. The number of hydrogen-bond donors (Lipinski definition) is 0. The van der Waals surface area contributed by atoms with Gasteiger partial charge in [-0.2, -0.15) is 0 Å². The van der Waals surface area contributed by atoms with Gasteiger partial charge in [-0.25, -0.2) is 0 Å². The summed E-state index contributed by atoms with van der Waals surface area (Å²) >= 11 is 0. The number of rotatable bonds is 0. The normalized spacial score (nSPS) is 4.17. The molecule has 0 aliphatic rings. The molecule has 0 aliphatic heterocycles. The minimum atomic E-state index is -1.08. The molecule has 0 unspecified atom stereocenters. The van der Waals surface area contributed by atoms with Crippen molar-refractivity contribution in [3.05, 3.63) is 0 Å². The number of aliphatic carboxylic acids is 1. The van der Waals surface area contributed by atoms with Gasteiger partial charge in [0.2, 0.25) is 0 Å². The van der Waals surface area contributed by atoms with Crippen LogP contribution in [-0.4, -0.2) is 14.4 Å². The van der Waals surface area contributed by atoms with Crippen molar-refractivity contribution >= 4 is 14.4 Å². The summed E-state index contributed by atoms with van der Waals surface area (Å²) in [7, 11) is 0. The molecule has 0 heterocycles. The smallest absolute Gasteiger partial charge is 1.00 e. The van der Waals surface area contributed by atoms with Gasteiger partial charge in [-0.3, -0.25) is 0 Å². The van der Waals surface area contributed by atoms with Crippen LogP contribution >= 0.6 is 0 Å². The first-order valence-electron chi connectivity index (χ1n) is 0.908. The fourth-order valence-electron chi connectivity index (χ4n) is 0. The Balaban J connectivity index is -0.0000000450. The van der Waals surface area contributed by atoms with Crippen LogP contribution in [-0.2, 0) is 4.79 Å². The minimum absolute atomic E-state index is 0. The monoisotopic (exact) mass is 93.0 g/mol. The van der Waals surface area contributed by atoms with Crippen LogP contribution in [0.25, 0.3) is 0 Å². The SMILES string of the molecule is CC(=O)[O-].[B-].[Na+]. The Hall–Kier alpha value is 0.535. The van der Waals surface area contributed by atoms with Crippen molar-refractivity contribution in [2.45, 2.75) is 6.92 Å². The molecule has 0 N–H and O–H groups in total. The van der Waals surface area contributed by atoms with E-state index in [1.165, 1.54) is 0 Å². The van der Waals surface area contributed by atoms with Crippen molar-refractivity contribution in [2.75, 3.05) is 0 Å². The first kappa shape index (κ1) is 16.0. The zero-order valence-electron chi connectivity index (χ0n) is 3.89. The molecule has 28 valence electrons. The second-order valence-corrected chi connectivity index (χ2v) is 0.492. The van der Waals surface area contributed by atoms with Crippen LogP contribution in [0.2, 0.25) is 0 Å². The van der Waals surface area contributed by atoms with E-state index in [4.69, 9.17) is 9.90 Å². The van der Waals surface area contributed by atoms with Gasteiger partial charge in [0.25, 0.3) is 0 Å². The van der Waals surface area contributed by atoms with Gasteiger partial charge < -0.3 is 18.3 Å². The van der Waals surface area contributed by atoms with E-state index in [9.17, 15) is 0 Å². The molecule has 0 fully saturated rings. The molecule has 0 saturated heterocycles. The molecule has 0 aromatic rings. The Morgan fingerprint density at radius 3 is 1.67 bits per heavy atom. The molecule has 0 bridgehead atoms. The van der Waals surface area contributed by atoms with Gasteiger partial charge in [0.05, 0.1) is 0 Å². The molecule has 0 aliphatic carbocycles. The van der Waals surface area contributed by atoms with Crippen molar-refractivity contribution in [3.63, 3.8) is 0 Å². The van der Waals surface area contributed by atoms with E-state index in [0.29, 0.717) is 0 Å². The Labute approximate surface area is 60.8 Å². The summed E-state index contributed by atoms with van der Waals surface area (Å²) in [6.07, 6.45) is 0. The summed E-state index contributed by atoms with van der Waals surface area (Å²) in [6, 6.07) is 0. The summed E-state index contributed by atoms with van der Waals surface area (Å²) in [5, 5.41) is 8.89. The molecule has 2 nitrogen and oxygen atoms in total. The zero-order chi connectivity index (χ0) is 3.58. The molecule has 0 aromatic heterocycles. The first-order chi connectivity index (χ1) is 1.73. The third-order valence-corrected chi connectivity index (χ3v) is 0. The van der Waals surface area contributed by atoms with Crippen molar-refractivity contribution in [1.29, 1.82) is 0 Å². The maximum atomic E-state index is 8.89. The van der Waals surface area contributed by atoms with Crippen molar-refractivity contribution in [3.8, 4) is 0 Å². The topological polar surface area (TPSA) is 40.1 Å². The third kappa shape index (κ3) is 198. The average Bonchev–Trinajstić information content (AvgIpc) is 0.811. The summed E-state index contributed by atoms with van der Waals surface area (Å²) in [6.45, 7) is 0.972. The van der Waals surface area contributed by atoms with E-state index in [2.05, 4.69) is 0 Å². The number of carbonyl (C=O) groups excluding carboxylic acids is 1. The van der Waals surface area contributed by atoms with Crippen LogP contribution < -0.4 is 34.7 Å². The molecular weight excluding hydrogens is 89.8 g/mol. The third-order valence-electron chi connectivity index (χ3n) is 0. The summed E-state index contributed by atoms with van der Waals surface area (Å²) in [4.78, 5) is 8.89. The zero-order valence-corrected chi connectivity index (χ0v) is 5.89. The molecule has 0 rings (SSSR count). The van der Waals surface area contributed by atoms with Gasteiger partial charge >= 0.3 is 29.6 Å². The van der Waals surface area contributed by atoms with Crippen LogP contribution in [0.1, 0.15) is 6.92 Å². The Bertz CT molecular complexity index is 34.5. The van der Waals surface area contributed by atoms with Crippen molar-refractivity contribution in [1.82, 2.24) is 0 Å². The van der Waals surface area contributed by atoms with Crippen LogP contribution in [0, 0.1) is 0 Å². The summed E-state index contributed by atoms with van der Waals surface area (Å²) in [5.74, 6) is -1.08. The van der Waals surface area contributed by atoms with Crippen molar-refractivity contribution < 1.29 is 39.5 Å². The van der Waals surface area contributed by atoms with E-state index in [0.717, 1.165) is 6.92 Å². The maximum Gasteiger partial charge on any atom is 1.00 e. The number of carboxylic acids is 1. The van der Waals surface area contributed by atoms with E-state index >= 15 is 0 Å². The van der Waals surface area contributed by atoms with Gasteiger partial charge in [0.1, 0.15) is 0 Å². The fraction of sp³-hybridized carbons (Fsp3) is 0.500. The van der Waals surface area contributed by atoms with Crippen molar-refractivity contribution in [2.24, 2.45) is 0 Å². The second kappa shape index (κ2) is 9.11. The van der Waals surface area contributed by atoms with E-state index in [1.807, 2.05) is 0 Å². The Morgan fingerprint density at radius 2 is 1.67 bits per heavy atom. The molecule has 0 atom stereocenters. The molecule has 6 heavy (non-hydrogen) atoms. The predicted molar refractivity (Wildman–Crippen MR) is 16.4 cm³/mol. The second-order valence-electron chi connectivity index (χ2n) is 0.492. The van der Waals surface area contributed by atoms with E-state index in [-0.39, 0.29) is 38.0 Å². The van der Waals surface area contributed by atoms with E-state index < -0.39 is 5.97 Å². The van der Waals surface area contributed by atoms with Gasteiger partial charge in [0.15, 0.2) is 0 Å². The van der Waals surface area contributed by atoms with Crippen LogP contribution in [0.15, 0.2) is 0 Å². The van der Waals surface area contributed by atoms with Crippen LogP contribution in [0.5, 0.6) is 0 Å². The molecule has 0 saturated carbocycles. The Kier molecular flexibility index (Phi) is 24.3. The standard InChI is InChI=1S/C2H4O2.B.Na/c1-2(3)4;;/h1H3,(H,3,4);;/q;-1;+1/p-1. The summed E-state index contributed by atoms with van der Waals surface area (Å²) < 4.78 is 0. The van der Waals surface area contributed by atoms with Gasteiger partial charge in [-0.1, -0.05) is 0 Å². The molecule has 0 amide bonds. The summed E-state index contributed by atoms with van der Waals surface area (Å²) in [5.41, 5.74) is 0. The van der Waals surface area contributed by atoms with Gasteiger partial charge in [-0.05, 0) is 6.92 Å². The largest absolute Gasteiger partial charge is 1.00 e. The number of carbonyl (C=O) groups is 1. The molecule has 0 aromatic carbocycles. The first-order valence-corrected chi connectivity index (χ1v) is 0.908. The molecular formula is C2H3BNaO2-. The minimum Gasteiger partial charge on any atom is -1.00 e. The Morgan fingerprint density at radius 1 is 1.67 bits per heavy atom. The molecule has 4 radical (unpaired) electrons. The van der Waals surface area contributed by atoms with Crippen LogP contribution in [0.3, 0.4) is 0 Å². The maximum absolute atomic E-state index is 8.89. The molecule has 4 heteroatoms. The van der Waals surface area contributed by atoms with Gasteiger partial charge in [0, 0.05) is 5.97 Å². The van der Waals surface area contributed by atoms with Crippen LogP contribution in [0.4, 0.5) is 0 Å². The van der Waals surface area contributed by atoms with E-state index in [1.54, 1.807) is 0 Å². The quantitative estimate of drug-likeness (QED) is 0.282. The van der Waals surface area contributed by atoms with Gasteiger partial charge in [-0.15, -0.1) is 0 Å². The number of hydrogen-bond acceptors (Lipinski definition) is 2. The molecule has 0 spiro atoms.